The minimum atomic E-state index is -3.30. The summed E-state index contributed by atoms with van der Waals surface area (Å²) in [6, 6.07) is 3.29. The van der Waals surface area contributed by atoms with Crippen LogP contribution in [0.25, 0.3) is 0 Å². The van der Waals surface area contributed by atoms with Gasteiger partial charge in [0.2, 0.25) is 10.0 Å². The SMILES string of the molecule is CS(=O)(=O)NC[C@H]1CCCN(C(=O)c2c(F)cccc2F)C1. The largest absolute Gasteiger partial charge is 0.338 e. The van der Waals surface area contributed by atoms with Gasteiger partial charge in [-0.2, -0.15) is 0 Å². The van der Waals surface area contributed by atoms with E-state index < -0.39 is 33.1 Å². The maximum absolute atomic E-state index is 13.7. The van der Waals surface area contributed by atoms with Gasteiger partial charge in [0, 0.05) is 19.6 Å². The molecular formula is C14H18F2N2O3S. The second kappa shape index (κ2) is 6.70. The van der Waals surface area contributed by atoms with Gasteiger partial charge in [-0.3, -0.25) is 4.79 Å². The molecule has 1 aliphatic heterocycles. The van der Waals surface area contributed by atoms with Crippen LogP contribution < -0.4 is 4.72 Å². The van der Waals surface area contributed by atoms with Crippen LogP contribution in [0.15, 0.2) is 18.2 Å². The smallest absolute Gasteiger partial charge is 0.259 e. The van der Waals surface area contributed by atoms with Gasteiger partial charge in [0.05, 0.1) is 6.26 Å². The topological polar surface area (TPSA) is 66.5 Å². The Morgan fingerprint density at radius 3 is 2.59 bits per heavy atom. The number of halogens is 2. The van der Waals surface area contributed by atoms with E-state index >= 15 is 0 Å². The molecule has 0 aliphatic carbocycles. The third kappa shape index (κ3) is 4.23. The second-order valence-electron chi connectivity index (χ2n) is 5.48. The van der Waals surface area contributed by atoms with Gasteiger partial charge in [-0.15, -0.1) is 0 Å². The lowest BCUT2D eigenvalue weighted by Gasteiger charge is -2.33. The summed E-state index contributed by atoms with van der Waals surface area (Å²) >= 11 is 0. The number of hydrogen-bond acceptors (Lipinski definition) is 3. The number of amides is 1. The summed E-state index contributed by atoms with van der Waals surface area (Å²) in [4.78, 5) is 13.7. The molecule has 0 radical (unpaired) electrons. The van der Waals surface area contributed by atoms with Crippen molar-refractivity contribution in [2.75, 3.05) is 25.9 Å². The zero-order chi connectivity index (χ0) is 16.3. The van der Waals surface area contributed by atoms with Crippen LogP contribution in [0.5, 0.6) is 0 Å². The molecule has 1 amide bonds. The molecule has 1 saturated heterocycles. The number of benzene rings is 1. The van der Waals surface area contributed by atoms with Gasteiger partial charge in [-0.1, -0.05) is 6.07 Å². The number of nitrogens with one attached hydrogen (secondary N) is 1. The fourth-order valence-corrected chi connectivity index (χ4v) is 3.08. The standard InChI is InChI=1S/C14H18F2N2O3S/c1-22(20,21)17-8-10-4-3-7-18(9-10)14(19)13-11(15)5-2-6-12(13)16/h2,5-6,10,17H,3-4,7-9H2,1H3/t10-/m1/s1. The summed E-state index contributed by atoms with van der Waals surface area (Å²) in [6.07, 6.45) is 2.48. The van der Waals surface area contributed by atoms with Crippen LogP contribution in [0.1, 0.15) is 23.2 Å². The van der Waals surface area contributed by atoms with Crippen LogP contribution >= 0.6 is 0 Å². The third-order valence-electron chi connectivity index (χ3n) is 3.62. The number of nitrogens with zero attached hydrogens (tertiary/aromatic N) is 1. The molecule has 0 bridgehead atoms. The molecule has 1 aromatic rings. The van der Waals surface area contributed by atoms with Crippen LogP contribution in [-0.4, -0.2) is 45.1 Å². The Labute approximate surface area is 128 Å². The lowest BCUT2D eigenvalue weighted by Crippen LogP contribution is -2.44. The lowest BCUT2D eigenvalue weighted by molar-refractivity contribution is 0.0666. The van der Waals surface area contributed by atoms with Gasteiger partial charge in [0.15, 0.2) is 0 Å². The number of piperidine rings is 1. The van der Waals surface area contributed by atoms with Crippen molar-refractivity contribution in [1.29, 1.82) is 0 Å². The number of carbonyl (C=O) groups excluding carboxylic acids is 1. The summed E-state index contributed by atoms with van der Waals surface area (Å²) < 4.78 is 52.0. The quantitative estimate of drug-likeness (QED) is 0.905. The first kappa shape index (κ1) is 16.8. The molecule has 1 aliphatic rings. The molecule has 0 spiro atoms. The highest BCUT2D eigenvalue weighted by atomic mass is 32.2. The summed E-state index contributed by atoms with van der Waals surface area (Å²) in [6.45, 7) is 0.888. The minimum absolute atomic E-state index is 0.0674. The van der Waals surface area contributed by atoms with Crippen molar-refractivity contribution in [2.45, 2.75) is 12.8 Å². The Morgan fingerprint density at radius 1 is 1.36 bits per heavy atom. The number of rotatable bonds is 4. The van der Waals surface area contributed by atoms with Gasteiger partial charge < -0.3 is 4.90 Å². The van der Waals surface area contributed by atoms with Crippen molar-refractivity contribution >= 4 is 15.9 Å². The maximum atomic E-state index is 13.7. The second-order valence-corrected chi connectivity index (χ2v) is 7.31. The summed E-state index contributed by atoms with van der Waals surface area (Å²) in [7, 11) is -3.30. The molecule has 1 heterocycles. The predicted octanol–water partition coefficient (Wildman–Crippen LogP) is 1.37. The lowest BCUT2D eigenvalue weighted by atomic mass is 9.97. The van der Waals surface area contributed by atoms with Crippen molar-refractivity contribution in [3.8, 4) is 0 Å². The van der Waals surface area contributed by atoms with Crippen LogP contribution in [0, 0.1) is 17.6 Å². The van der Waals surface area contributed by atoms with Crippen molar-refractivity contribution < 1.29 is 22.0 Å². The normalized spacial score (nSPS) is 19.2. The third-order valence-corrected chi connectivity index (χ3v) is 4.31. The average Bonchev–Trinajstić information content (AvgIpc) is 2.44. The van der Waals surface area contributed by atoms with Gasteiger partial charge in [0.1, 0.15) is 17.2 Å². The summed E-state index contributed by atoms with van der Waals surface area (Å²) in [5.41, 5.74) is -0.556. The predicted molar refractivity (Wildman–Crippen MR) is 77.8 cm³/mol. The van der Waals surface area contributed by atoms with E-state index in [1.54, 1.807) is 0 Å². The first-order chi connectivity index (χ1) is 10.3. The molecule has 122 valence electrons. The van der Waals surface area contributed by atoms with E-state index in [1.165, 1.54) is 11.0 Å². The molecule has 1 atom stereocenters. The number of carbonyl (C=O) groups is 1. The zero-order valence-corrected chi connectivity index (χ0v) is 13.0. The van der Waals surface area contributed by atoms with E-state index in [4.69, 9.17) is 0 Å². The van der Waals surface area contributed by atoms with Gasteiger partial charge >= 0.3 is 0 Å². The summed E-state index contributed by atoms with van der Waals surface area (Å²) in [5, 5.41) is 0. The highest BCUT2D eigenvalue weighted by Gasteiger charge is 2.28. The molecule has 0 aromatic heterocycles. The van der Waals surface area contributed by atoms with Gasteiger partial charge in [-0.05, 0) is 30.9 Å². The van der Waals surface area contributed by atoms with Gasteiger partial charge in [-0.25, -0.2) is 21.9 Å². The van der Waals surface area contributed by atoms with E-state index in [0.29, 0.717) is 13.0 Å². The fourth-order valence-electron chi connectivity index (χ4n) is 2.55. The van der Waals surface area contributed by atoms with Crippen molar-refractivity contribution in [1.82, 2.24) is 9.62 Å². The van der Waals surface area contributed by atoms with E-state index in [-0.39, 0.29) is 19.0 Å². The molecule has 2 rings (SSSR count). The highest BCUT2D eigenvalue weighted by Crippen LogP contribution is 2.21. The van der Waals surface area contributed by atoms with E-state index in [0.717, 1.165) is 24.8 Å². The van der Waals surface area contributed by atoms with Crippen LogP contribution in [0.4, 0.5) is 8.78 Å². The van der Waals surface area contributed by atoms with Crippen molar-refractivity contribution in [3.05, 3.63) is 35.4 Å². The highest BCUT2D eigenvalue weighted by molar-refractivity contribution is 7.88. The molecule has 1 N–H and O–H groups in total. The molecule has 5 nitrogen and oxygen atoms in total. The van der Waals surface area contributed by atoms with Crippen molar-refractivity contribution in [3.63, 3.8) is 0 Å². The molecule has 22 heavy (non-hydrogen) atoms. The zero-order valence-electron chi connectivity index (χ0n) is 12.2. The monoisotopic (exact) mass is 332 g/mol. The molecule has 0 saturated carbocycles. The first-order valence-corrected chi connectivity index (χ1v) is 8.85. The van der Waals surface area contributed by atoms with Crippen molar-refractivity contribution in [2.24, 2.45) is 5.92 Å². The minimum Gasteiger partial charge on any atom is -0.338 e. The van der Waals surface area contributed by atoms with Gasteiger partial charge in [0.25, 0.3) is 5.91 Å². The molecule has 0 unspecified atom stereocenters. The summed E-state index contributed by atoms with van der Waals surface area (Å²) in [5.74, 6) is -2.54. The van der Waals surface area contributed by atoms with Crippen LogP contribution in [0.3, 0.4) is 0 Å². The Hall–Kier alpha value is -1.54. The molecular weight excluding hydrogens is 314 g/mol. The maximum Gasteiger partial charge on any atom is 0.259 e. The Bertz CT molecular complexity index is 644. The van der Waals surface area contributed by atoms with Crippen LogP contribution in [-0.2, 0) is 10.0 Å². The van der Waals surface area contributed by atoms with Crippen LogP contribution in [0.2, 0.25) is 0 Å². The van der Waals surface area contributed by atoms with E-state index in [9.17, 15) is 22.0 Å². The fraction of sp³-hybridized carbons (Fsp3) is 0.500. The first-order valence-electron chi connectivity index (χ1n) is 6.96. The molecule has 1 fully saturated rings. The number of likely N-dealkylation sites (tertiary alicyclic amines) is 1. The Kier molecular flexibility index (Phi) is 5.12. The number of hydrogen-bond donors (Lipinski definition) is 1. The molecule has 8 heteroatoms. The molecule has 1 aromatic carbocycles. The average molecular weight is 332 g/mol. The number of sulfonamides is 1. The Morgan fingerprint density at radius 2 is 2.00 bits per heavy atom. The Balaban J connectivity index is 2.07. The van der Waals surface area contributed by atoms with E-state index in [1.807, 2.05) is 0 Å². The van der Waals surface area contributed by atoms with E-state index in [2.05, 4.69) is 4.72 Å².